The highest BCUT2D eigenvalue weighted by atomic mass is 16.5. The Bertz CT molecular complexity index is 823. The lowest BCUT2D eigenvalue weighted by Gasteiger charge is -2.36. The van der Waals surface area contributed by atoms with Gasteiger partial charge in [-0.05, 0) is 36.2 Å². The van der Waals surface area contributed by atoms with Crippen LogP contribution in [0, 0.1) is 0 Å². The lowest BCUT2D eigenvalue weighted by Crippen LogP contribution is -2.48. The third-order valence-corrected chi connectivity index (χ3v) is 5.03. The molecule has 2 aromatic carbocycles. The molecule has 1 heterocycles. The quantitative estimate of drug-likeness (QED) is 0.714. The van der Waals surface area contributed by atoms with Crippen molar-refractivity contribution in [1.29, 1.82) is 0 Å². The molecule has 2 atom stereocenters. The molecule has 1 N–H and O–H groups in total. The fourth-order valence-corrected chi connectivity index (χ4v) is 3.44. The number of β-amino-alcohol motifs (C(OH)–C–C–N with tert-alkyl or cyclic N) is 1. The van der Waals surface area contributed by atoms with Crippen LogP contribution in [-0.2, 0) is 11.3 Å². The zero-order valence-electron chi connectivity index (χ0n) is 17.0. The summed E-state index contributed by atoms with van der Waals surface area (Å²) in [5.41, 5.74) is 1.60. The molecule has 0 spiro atoms. The van der Waals surface area contributed by atoms with E-state index in [1.165, 1.54) is 7.11 Å². The van der Waals surface area contributed by atoms with Crippen LogP contribution in [0.3, 0.4) is 0 Å². The van der Waals surface area contributed by atoms with E-state index in [0.29, 0.717) is 42.3 Å². The normalized spacial score (nSPS) is 19.4. The Morgan fingerprint density at radius 2 is 1.79 bits per heavy atom. The van der Waals surface area contributed by atoms with Gasteiger partial charge < -0.3 is 24.1 Å². The molecule has 1 aliphatic rings. The molecule has 1 saturated heterocycles. The minimum atomic E-state index is -0.605. The number of ether oxygens (including phenoxy) is 4. The molecular formula is C22H27NO6. The molecule has 0 aliphatic carbocycles. The van der Waals surface area contributed by atoms with Crippen LogP contribution in [0.4, 0.5) is 0 Å². The summed E-state index contributed by atoms with van der Waals surface area (Å²) in [6, 6.07) is 12.7. The highest BCUT2D eigenvalue weighted by molar-refractivity contribution is 5.89. The number of aliphatic hydroxyl groups is 1. The van der Waals surface area contributed by atoms with E-state index in [1.54, 1.807) is 38.5 Å². The molecule has 7 heteroatoms. The first-order chi connectivity index (χ1) is 14.0. The molecule has 0 saturated carbocycles. The van der Waals surface area contributed by atoms with Gasteiger partial charge in [0.25, 0.3) is 0 Å². The number of rotatable bonds is 7. The maximum Gasteiger partial charge on any atom is 0.337 e. The second-order valence-electron chi connectivity index (χ2n) is 6.95. The number of nitrogens with zero attached hydrogens (tertiary/aromatic N) is 1. The molecule has 29 heavy (non-hydrogen) atoms. The maximum absolute atomic E-state index is 11.5. The summed E-state index contributed by atoms with van der Waals surface area (Å²) >= 11 is 0. The van der Waals surface area contributed by atoms with E-state index >= 15 is 0 Å². The van der Waals surface area contributed by atoms with Crippen LogP contribution in [0.15, 0.2) is 42.5 Å². The summed E-state index contributed by atoms with van der Waals surface area (Å²) in [6.45, 7) is 2.01. The summed E-state index contributed by atoms with van der Waals surface area (Å²) < 4.78 is 21.3. The third kappa shape index (κ3) is 5.19. The molecule has 0 bridgehead atoms. The van der Waals surface area contributed by atoms with E-state index < -0.39 is 6.10 Å². The minimum absolute atomic E-state index is 0.286. The van der Waals surface area contributed by atoms with Gasteiger partial charge in [0.2, 0.25) is 0 Å². The molecule has 0 amide bonds. The Balaban J connectivity index is 1.56. The monoisotopic (exact) mass is 401 g/mol. The van der Waals surface area contributed by atoms with Gasteiger partial charge in [-0.2, -0.15) is 0 Å². The van der Waals surface area contributed by atoms with Gasteiger partial charge in [-0.1, -0.05) is 12.1 Å². The second-order valence-corrected chi connectivity index (χ2v) is 6.95. The number of hydrogen-bond donors (Lipinski definition) is 1. The number of carbonyl (C=O) groups is 1. The van der Waals surface area contributed by atoms with Gasteiger partial charge >= 0.3 is 5.97 Å². The van der Waals surface area contributed by atoms with Crippen LogP contribution in [0.1, 0.15) is 22.3 Å². The fourth-order valence-electron chi connectivity index (χ4n) is 3.44. The Morgan fingerprint density at radius 1 is 1.07 bits per heavy atom. The Kier molecular flexibility index (Phi) is 6.95. The zero-order valence-corrected chi connectivity index (χ0v) is 17.0. The molecule has 0 aromatic heterocycles. The van der Waals surface area contributed by atoms with Crippen LogP contribution in [0.5, 0.6) is 17.2 Å². The molecular weight excluding hydrogens is 374 g/mol. The molecule has 3 rings (SSSR count). The standard InChI is InChI=1S/C22H27NO6/c1-26-20-9-8-17(12-21(20)27-2)29-19-10-11-23(14-18(19)24)13-15-4-6-16(7-5-15)22(25)28-3/h4-9,12,18-19,24H,10-11,13-14H2,1-3H3/t18-,19-/m1/s1. The smallest absolute Gasteiger partial charge is 0.337 e. The van der Waals surface area contributed by atoms with Crippen molar-refractivity contribution >= 4 is 5.97 Å². The van der Waals surface area contributed by atoms with Gasteiger partial charge in [-0.3, -0.25) is 4.90 Å². The summed E-state index contributed by atoms with van der Waals surface area (Å²) in [6.07, 6.45) is -0.187. The van der Waals surface area contributed by atoms with Gasteiger partial charge in [-0.25, -0.2) is 4.79 Å². The van der Waals surface area contributed by atoms with Crippen LogP contribution >= 0.6 is 0 Å². The van der Waals surface area contributed by atoms with Crippen molar-refractivity contribution < 1.29 is 28.8 Å². The third-order valence-electron chi connectivity index (χ3n) is 5.03. The second kappa shape index (κ2) is 9.62. The Hall–Kier alpha value is -2.77. The molecule has 0 unspecified atom stereocenters. The van der Waals surface area contributed by atoms with Gasteiger partial charge in [0, 0.05) is 25.7 Å². The summed E-state index contributed by atoms with van der Waals surface area (Å²) in [5, 5.41) is 10.6. The summed E-state index contributed by atoms with van der Waals surface area (Å²) in [5.74, 6) is 1.51. The van der Waals surface area contributed by atoms with E-state index in [4.69, 9.17) is 18.9 Å². The van der Waals surface area contributed by atoms with Crippen molar-refractivity contribution in [2.75, 3.05) is 34.4 Å². The lowest BCUT2D eigenvalue weighted by molar-refractivity contribution is -0.0275. The molecule has 0 radical (unpaired) electrons. The van der Waals surface area contributed by atoms with Gasteiger partial charge in [0.1, 0.15) is 18.0 Å². The predicted octanol–water partition coefficient (Wildman–Crippen LogP) is 2.50. The average Bonchev–Trinajstić information content (AvgIpc) is 2.75. The summed E-state index contributed by atoms with van der Waals surface area (Å²) in [4.78, 5) is 13.7. The molecule has 156 valence electrons. The number of benzene rings is 2. The predicted molar refractivity (Wildman–Crippen MR) is 108 cm³/mol. The highest BCUT2D eigenvalue weighted by Crippen LogP contribution is 2.32. The van der Waals surface area contributed by atoms with Crippen molar-refractivity contribution in [3.63, 3.8) is 0 Å². The number of carbonyl (C=O) groups excluding carboxylic acids is 1. The van der Waals surface area contributed by atoms with Crippen molar-refractivity contribution in [2.45, 2.75) is 25.2 Å². The Labute approximate surface area is 170 Å². The van der Waals surface area contributed by atoms with Gasteiger partial charge in [-0.15, -0.1) is 0 Å². The number of piperidine rings is 1. The van der Waals surface area contributed by atoms with Crippen molar-refractivity contribution in [3.8, 4) is 17.2 Å². The van der Waals surface area contributed by atoms with Crippen molar-refractivity contribution in [3.05, 3.63) is 53.6 Å². The molecule has 2 aromatic rings. The minimum Gasteiger partial charge on any atom is -0.493 e. The zero-order chi connectivity index (χ0) is 20.8. The molecule has 1 aliphatic heterocycles. The van der Waals surface area contributed by atoms with E-state index in [-0.39, 0.29) is 12.1 Å². The van der Waals surface area contributed by atoms with E-state index in [9.17, 15) is 9.90 Å². The first-order valence-corrected chi connectivity index (χ1v) is 9.50. The number of methoxy groups -OCH3 is 3. The SMILES string of the molecule is COC(=O)c1ccc(CN2CC[C@@H](Oc3ccc(OC)c(OC)c3)[C@H](O)C2)cc1. The molecule has 1 fully saturated rings. The van der Waals surface area contributed by atoms with E-state index in [0.717, 1.165) is 12.1 Å². The van der Waals surface area contributed by atoms with Crippen LogP contribution in [0.25, 0.3) is 0 Å². The fraction of sp³-hybridized carbons (Fsp3) is 0.409. The number of hydrogen-bond acceptors (Lipinski definition) is 7. The number of aliphatic hydroxyl groups excluding tert-OH is 1. The van der Waals surface area contributed by atoms with Crippen LogP contribution in [-0.4, -0.2) is 62.6 Å². The lowest BCUT2D eigenvalue weighted by atomic mass is 10.0. The van der Waals surface area contributed by atoms with Crippen LogP contribution < -0.4 is 14.2 Å². The van der Waals surface area contributed by atoms with Crippen LogP contribution in [0.2, 0.25) is 0 Å². The first-order valence-electron chi connectivity index (χ1n) is 9.50. The molecule has 7 nitrogen and oxygen atoms in total. The van der Waals surface area contributed by atoms with Gasteiger partial charge in [0.05, 0.1) is 26.9 Å². The topological polar surface area (TPSA) is 77.5 Å². The first kappa shape index (κ1) is 21.0. The van der Waals surface area contributed by atoms with Crippen molar-refractivity contribution in [1.82, 2.24) is 4.90 Å². The maximum atomic E-state index is 11.5. The van der Waals surface area contributed by atoms with Crippen molar-refractivity contribution in [2.24, 2.45) is 0 Å². The number of likely N-dealkylation sites (tertiary alicyclic amines) is 1. The van der Waals surface area contributed by atoms with E-state index in [2.05, 4.69) is 4.90 Å². The number of esters is 1. The highest BCUT2D eigenvalue weighted by Gasteiger charge is 2.29. The largest absolute Gasteiger partial charge is 0.493 e. The summed E-state index contributed by atoms with van der Waals surface area (Å²) in [7, 11) is 4.53. The average molecular weight is 401 g/mol. The van der Waals surface area contributed by atoms with Gasteiger partial charge in [0.15, 0.2) is 11.5 Å². The van der Waals surface area contributed by atoms with E-state index in [1.807, 2.05) is 18.2 Å². The Morgan fingerprint density at radius 3 is 2.41 bits per heavy atom.